The van der Waals surface area contributed by atoms with Gasteiger partial charge in [-0.2, -0.15) is 0 Å². The van der Waals surface area contributed by atoms with E-state index in [-0.39, 0.29) is 23.3 Å². The van der Waals surface area contributed by atoms with Crippen molar-refractivity contribution in [1.29, 1.82) is 5.41 Å². The predicted molar refractivity (Wildman–Crippen MR) is 133 cm³/mol. The minimum Gasteiger partial charge on any atom is -0.497 e. The maximum atomic E-state index is 13.7. The number of hydrogen-bond donors (Lipinski definition) is 2. The van der Waals surface area contributed by atoms with Gasteiger partial charge in [-0.05, 0) is 56.6 Å². The number of methoxy groups -OCH3 is 2. The Morgan fingerprint density at radius 1 is 1.15 bits per heavy atom. The molecule has 0 spiro atoms. The number of nitrogens with zero attached hydrogens (tertiary/aromatic N) is 2. The number of halogens is 1. The van der Waals surface area contributed by atoms with Crippen LogP contribution in [-0.2, 0) is 4.79 Å². The summed E-state index contributed by atoms with van der Waals surface area (Å²) in [6.07, 6.45) is 3.50. The lowest BCUT2D eigenvalue weighted by Crippen LogP contribution is -2.40. The second kappa shape index (κ2) is 11.7. The molecule has 1 aliphatic heterocycles. The number of carbonyl (C=O) groups excluding carboxylic acids is 1. The zero-order chi connectivity index (χ0) is 24.7. The Morgan fingerprint density at radius 3 is 2.26 bits per heavy atom. The average Bonchev–Trinajstić information content (AvgIpc) is 2.86. The number of carbonyl (C=O) groups is 1. The second-order valence-corrected chi connectivity index (χ2v) is 8.58. The Kier molecular flexibility index (Phi) is 8.76. The van der Waals surface area contributed by atoms with Crippen molar-refractivity contribution in [2.45, 2.75) is 18.9 Å². The molecule has 2 aromatic carbocycles. The summed E-state index contributed by atoms with van der Waals surface area (Å²) < 4.78 is 24.3. The van der Waals surface area contributed by atoms with Crippen LogP contribution in [0, 0.1) is 23.1 Å². The topological polar surface area (TPSA) is 87.0 Å². The van der Waals surface area contributed by atoms with E-state index in [2.05, 4.69) is 22.3 Å². The van der Waals surface area contributed by atoms with E-state index in [1.54, 1.807) is 57.8 Å². The van der Waals surface area contributed by atoms with Crippen LogP contribution in [0.1, 0.15) is 24.4 Å². The number of benzene rings is 2. The fourth-order valence-corrected chi connectivity index (χ4v) is 4.31. The van der Waals surface area contributed by atoms with Gasteiger partial charge >= 0.3 is 0 Å². The van der Waals surface area contributed by atoms with Crippen LogP contribution < -0.4 is 14.8 Å². The summed E-state index contributed by atoms with van der Waals surface area (Å²) in [6.45, 7) is 1.84. The molecule has 34 heavy (non-hydrogen) atoms. The van der Waals surface area contributed by atoms with Gasteiger partial charge in [-0.3, -0.25) is 4.79 Å². The van der Waals surface area contributed by atoms with Gasteiger partial charge in [0.25, 0.3) is 0 Å². The van der Waals surface area contributed by atoms with E-state index >= 15 is 0 Å². The highest BCUT2D eigenvalue weighted by atomic mass is 19.1. The van der Waals surface area contributed by atoms with Crippen molar-refractivity contribution in [3.63, 3.8) is 0 Å². The highest BCUT2D eigenvalue weighted by Crippen LogP contribution is 2.31. The number of anilines is 1. The van der Waals surface area contributed by atoms with Crippen molar-refractivity contribution < 1.29 is 18.7 Å². The van der Waals surface area contributed by atoms with Crippen LogP contribution in [0.25, 0.3) is 0 Å². The van der Waals surface area contributed by atoms with Crippen molar-refractivity contribution in [3.8, 4) is 11.5 Å². The average molecular weight is 469 g/mol. The van der Waals surface area contributed by atoms with Crippen molar-refractivity contribution in [3.05, 3.63) is 53.8 Å². The summed E-state index contributed by atoms with van der Waals surface area (Å²) in [7, 11) is 6.84. The summed E-state index contributed by atoms with van der Waals surface area (Å²) >= 11 is 0. The summed E-state index contributed by atoms with van der Waals surface area (Å²) in [5.74, 6) is 0.139. The molecule has 1 saturated heterocycles. The monoisotopic (exact) mass is 468 g/mol. The number of nitrogens with one attached hydrogen (secondary N) is 2. The molecule has 1 heterocycles. The molecule has 1 aliphatic rings. The number of piperidine rings is 1. The van der Waals surface area contributed by atoms with Crippen molar-refractivity contribution >= 4 is 23.4 Å². The van der Waals surface area contributed by atoms with Gasteiger partial charge in [-0.1, -0.05) is 12.1 Å². The highest BCUT2D eigenvalue weighted by molar-refractivity contribution is 6.44. The third-order valence-electron chi connectivity index (χ3n) is 6.31. The molecule has 3 rings (SSSR count). The number of Topliss-reactive ketones (excluding diaryl/α,β-unsaturated/α-hetero) is 1. The molecular formula is C26H33FN4O3. The van der Waals surface area contributed by atoms with Gasteiger partial charge in [0.15, 0.2) is 0 Å². The quantitative estimate of drug-likeness (QED) is 0.509. The maximum Gasteiger partial charge on any atom is 0.203 e. The molecule has 182 valence electrons. The first-order chi connectivity index (χ1) is 16.4. The molecule has 8 heteroatoms. The van der Waals surface area contributed by atoms with Crippen molar-refractivity contribution in [2.75, 3.05) is 46.7 Å². The van der Waals surface area contributed by atoms with Gasteiger partial charge in [-0.25, -0.2) is 4.39 Å². The van der Waals surface area contributed by atoms with Gasteiger partial charge < -0.3 is 30.1 Å². The molecule has 0 bridgehead atoms. The van der Waals surface area contributed by atoms with E-state index in [4.69, 9.17) is 14.9 Å². The molecule has 2 atom stereocenters. The van der Waals surface area contributed by atoms with Crippen LogP contribution in [0.5, 0.6) is 11.5 Å². The van der Waals surface area contributed by atoms with E-state index in [0.717, 1.165) is 25.9 Å². The number of rotatable bonds is 10. The Hall–Kier alpha value is -3.26. The Morgan fingerprint density at radius 2 is 1.74 bits per heavy atom. The summed E-state index contributed by atoms with van der Waals surface area (Å²) in [6, 6.07) is 10.1. The zero-order valence-corrected chi connectivity index (χ0v) is 20.2. The Balaban J connectivity index is 1.94. The lowest BCUT2D eigenvalue weighted by atomic mass is 9.79. The second-order valence-electron chi connectivity index (χ2n) is 8.58. The van der Waals surface area contributed by atoms with Crippen LogP contribution >= 0.6 is 0 Å². The normalized spacial score (nSPS) is 16.7. The molecule has 0 saturated carbocycles. The summed E-state index contributed by atoms with van der Waals surface area (Å²) in [5.41, 5.74) is 1.15. The Bertz CT molecular complexity index is 995. The number of ether oxygens (including phenoxy) is 2. The molecule has 2 unspecified atom stereocenters. The molecule has 2 N–H and O–H groups in total. The van der Waals surface area contributed by atoms with Crippen molar-refractivity contribution in [2.24, 2.45) is 16.8 Å². The van der Waals surface area contributed by atoms with Crippen LogP contribution in [-0.4, -0.2) is 64.0 Å². The van der Waals surface area contributed by atoms with E-state index in [1.807, 2.05) is 0 Å². The predicted octanol–water partition coefficient (Wildman–Crippen LogP) is 4.24. The van der Waals surface area contributed by atoms with E-state index in [9.17, 15) is 9.18 Å². The van der Waals surface area contributed by atoms with Crippen LogP contribution in [0.4, 0.5) is 10.1 Å². The summed E-state index contributed by atoms with van der Waals surface area (Å²) in [4.78, 5) is 20.2. The fraction of sp³-hybridized carbons (Fsp3) is 0.423. The first kappa shape index (κ1) is 25.4. The third kappa shape index (κ3) is 6.20. The molecular weight excluding hydrogens is 435 g/mol. The maximum absolute atomic E-state index is 13.7. The van der Waals surface area contributed by atoms with E-state index in [1.165, 1.54) is 12.1 Å². The van der Waals surface area contributed by atoms with Gasteiger partial charge in [0.1, 0.15) is 23.4 Å². The number of likely N-dealkylation sites (tertiary alicyclic amines) is 1. The van der Waals surface area contributed by atoms with E-state index < -0.39 is 11.9 Å². The van der Waals surface area contributed by atoms with Crippen LogP contribution in [0.2, 0.25) is 0 Å². The lowest BCUT2D eigenvalue weighted by molar-refractivity contribution is -0.114. The summed E-state index contributed by atoms with van der Waals surface area (Å²) in [5, 5.41) is 12.1. The third-order valence-corrected chi connectivity index (χ3v) is 6.31. The number of ketones is 1. The van der Waals surface area contributed by atoms with Gasteiger partial charge in [0, 0.05) is 43.1 Å². The lowest BCUT2D eigenvalue weighted by Gasteiger charge is -2.33. The first-order valence-electron chi connectivity index (χ1n) is 11.3. The highest BCUT2D eigenvalue weighted by Gasteiger charge is 2.34. The molecule has 0 aliphatic carbocycles. The van der Waals surface area contributed by atoms with E-state index in [0.29, 0.717) is 22.7 Å². The molecule has 0 radical (unpaired) electrons. The number of aliphatic imine (C=N–C) groups is 1. The minimum absolute atomic E-state index is 0.00293. The minimum atomic E-state index is -0.885. The van der Waals surface area contributed by atoms with Crippen molar-refractivity contribution in [1.82, 2.24) is 4.90 Å². The fourth-order valence-electron chi connectivity index (χ4n) is 4.31. The molecule has 1 fully saturated rings. The largest absolute Gasteiger partial charge is 0.497 e. The molecule has 0 amide bonds. The zero-order valence-electron chi connectivity index (χ0n) is 20.2. The van der Waals surface area contributed by atoms with Gasteiger partial charge in [-0.15, -0.1) is 0 Å². The molecule has 7 nitrogen and oxygen atoms in total. The van der Waals surface area contributed by atoms with Crippen LogP contribution in [0.15, 0.2) is 47.5 Å². The van der Waals surface area contributed by atoms with Gasteiger partial charge in [0.05, 0.1) is 19.9 Å². The Labute approximate surface area is 200 Å². The SMILES string of the molecule is CN=CC(C(=N)C(=O)C(Nc1cc(OC)cc(OC)c1)c1ccc(F)cc1)C1CCN(C)CC1. The molecule has 0 aromatic heterocycles. The van der Waals surface area contributed by atoms with Gasteiger partial charge in [0.2, 0.25) is 5.78 Å². The standard InChI is InChI=1S/C26H33FN4O3/c1-29-16-23(17-9-11-31(2)12-10-17)24(28)26(32)25(18-5-7-19(27)8-6-18)30-20-13-21(33-3)15-22(14-20)34-4/h5-8,13-17,23,25,28,30H,9-12H2,1-4H3. The number of hydrogen-bond acceptors (Lipinski definition) is 7. The first-order valence-corrected chi connectivity index (χ1v) is 11.3. The molecule has 2 aromatic rings. The van der Waals surface area contributed by atoms with Crippen LogP contribution in [0.3, 0.4) is 0 Å². The smallest absolute Gasteiger partial charge is 0.203 e.